The molecule has 4 amide bonds. The van der Waals surface area contributed by atoms with Gasteiger partial charge in [-0.2, -0.15) is 5.10 Å². The van der Waals surface area contributed by atoms with Crippen molar-refractivity contribution >= 4 is 51.2 Å². The van der Waals surface area contributed by atoms with E-state index in [9.17, 15) is 24.5 Å². The van der Waals surface area contributed by atoms with E-state index in [4.69, 9.17) is 0 Å². The number of anilines is 1. The number of nitrogens with one attached hydrogen (secondary N) is 1. The van der Waals surface area contributed by atoms with E-state index in [2.05, 4.69) is 26.3 Å². The highest BCUT2D eigenvalue weighted by molar-refractivity contribution is 9.10. The van der Waals surface area contributed by atoms with Gasteiger partial charge in [0.05, 0.1) is 22.0 Å². The highest BCUT2D eigenvalue weighted by Crippen LogP contribution is 2.29. The quantitative estimate of drug-likeness (QED) is 0.237. The number of benzene rings is 2. The number of non-ortho nitro benzene ring substituents is 1. The van der Waals surface area contributed by atoms with Crippen LogP contribution >= 0.6 is 15.9 Å². The summed E-state index contributed by atoms with van der Waals surface area (Å²) in [6.45, 7) is 5.16. The van der Waals surface area contributed by atoms with Crippen molar-refractivity contribution in [3.8, 4) is 5.69 Å². The van der Waals surface area contributed by atoms with Gasteiger partial charge in [-0.05, 0) is 56.7 Å². The second-order valence-corrected chi connectivity index (χ2v) is 8.58. The Morgan fingerprint density at radius 1 is 1.09 bits per heavy atom. The lowest BCUT2D eigenvalue weighted by Gasteiger charge is -2.27. The van der Waals surface area contributed by atoms with E-state index >= 15 is 0 Å². The number of hydrogen-bond donors (Lipinski definition) is 1. The molecule has 0 aliphatic carbocycles. The van der Waals surface area contributed by atoms with E-state index in [1.807, 2.05) is 0 Å². The lowest BCUT2D eigenvalue weighted by atomic mass is 10.0. The fourth-order valence-electron chi connectivity index (χ4n) is 3.74. The normalized spacial score (nSPS) is 15.1. The fourth-order valence-corrected chi connectivity index (χ4v) is 4.22. The summed E-state index contributed by atoms with van der Waals surface area (Å²) in [4.78, 5) is 50.0. The second kappa shape index (κ2) is 8.67. The first-order chi connectivity index (χ1) is 16.1. The number of hydrogen-bond acceptors (Lipinski definition) is 6. The molecule has 11 heteroatoms. The van der Waals surface area contributed by atoms with Gasteiger partial charge in [-0.15, -0.1) is 0 Å². The Labute approximate surface area is 202 Å². The number of nitrogens with zero attached hydrogens (tertiary/aromatic N) is 4. The van der Waals surface area contributed by atoms with Gasteiger partial charge in [-0.3, -0.25) is 25.0 Å². The van der Waals surface area contributed by atoms with Crippen LogP contribution in [0.5, 0.6) is 0 Å². The molecule has 2 aromatic carbocycles. The Morgan fingerprint density at radius 3 is 2.50 bits per heavy atom. The molecule has 0 atom stereocenters. The zero-order valence-corrected chi connectivity index (χ0v) is 19.9. The lowest BCUT2D eigenvalue weighted by Crippen LogP contribution is -2.54. The summed E-state index contributed by atoms with van der Waals surface area (Å²) in [7, 11) is 0. The molecule has 2 heterocycles. The smallest absolute Gasteiger partial charge is 0.273 e. The summed E-state index contributed by atoms with van der Waals surface area (Å²) in [6, 6.07) is 10.2. The number of aromatic nitrogens is 2. The minimum absolute atomic E-state index is 0.0918. The minimum atomic E-state index is -0.835. The molecule has 3 aromatic rings. The summed E-state index contributed by atoms with van der Waals surface area (Å²) in [5, 5.41) is 17.8. The molecule has 0 saturated carbocycles. The molecule has 1 saturated heterocycles. The van der Waals surface area contributed by atoms with Crippen molar-refractivity contribution < 1.29 is 19.3 Å². The molecular formula is C23H18BrN5O5. The number of aryl methyl sites for hydroxylation is 2. The van der Waals surface area contributed by atoms with Crippen molar-refractivity contribution in [3.63, 3.8) is 0 Å². The Kier molecular flexibility index (Phi) is 5.88. The van der Waals surface area contributed by atoms with Crippen molar-refractivity contribution in [2.75, 3.05) is 4.90 Å². The van der Waals surface area contributed by atoms with Gasteiger partial charge in [0.2, 0.25) is 0 Å². The maximum Gasteiger partial charge on any atom is 0.335 e. The Hall–Kier alpha value is -4.12. The van der Waals surface area contributed by atoms with Gasteiger partial charge in [-0.25, -0.2) is 14.4 Å². The maximum absolute atomic E-state index is 13.3. The predicted octanol–water partition coefficient (Wildman–Crippen LogP) is 4.13. The maximum atomic E-state index is 13.3. The summed E-state index contributed by atoms with van der Waals surface area (Å²) in [5.74, 6) is -1.58. The zero-order chi connectivity index (χ0) is 24.7. The van der Waals surface area contributed by atoms with Crippen LogP contribution in [-0.4, -0.2) is 32.5 Å². The molecule has 1 aromatic heterocycles. The molecule has 1 aliphatic heterocycles. The van der Waals surface area contributed by atoms with Crippen molar-refractivity contribution in [2.24, 2.45) is 0 Å². The fraction of sp³-hybridized carbons (Fsp3) is 0.130. The van der Waals surface area contributed by atoms with Gasteiger partial charge in [0, 0.05) is 27.9 Å². The molecule has 0 radical (unpaired) electrons. The Morgan fingerprint density at radius 2 is 1.82 bits per heavy atom. The third kappa shape index (κ3) is 4.01. The molecule has 0 spiro atoms. The van der Waals surface area contributed by atoms with Crippen molar-refractivity contribution in [1.29, 1.82) is 0 Å². The number of rotatable bonds is 4. The van der Waals surface area contributed by atoms with Crippen LogP contribution in [-0.2, 0) is 9.59 Å². The van der Waals surface area contributed by atoms with Crippen LogP contribution in [0, 0.1) is 30.9 Å². The average molecular weight is 524 g/mol. The molecule has 1 fully saturated rings. The number of nitro benzene ring substituents is 1. The third-order valence-corrected chi connectivity index (χ3v) is 5.92. The number of nitro groups is 1. The summed E-state index contributed by atoms with van der Waals surface area (Å²) in [5.41, 5.74) is 2.71. The number of imide groups is 2. The van der Waals surface area contributed by atoms with Crippen LogP contribution in [0.3, 0.4) is 0 Å². The van der Waals surface area contributed by atoms with E-state index in [1.165, 1.54) is 22.9 Å². The lowest BCUT2D eigenvalue weighted by molar-refractivity contribution is -0.384. The average Bonchev–Trinajstić information content (AvgIpc) is 3.06. The summed E-state index contributed by atoms with van der Waals surface area (Å²) >= 11 is 3.35. The highest BCUT2D eigenvalue weighted by Gasteiger charge is 2.37. The van der Waals surface area contributed by atoms with Gasteiger partial charge in [0.25, 0.3) is 17.5 Å². The standard InChI is InChI=1S/C23H18BrN5O5/c1-12-9-15(24)7-8-20(12)27-22(31)19(21(30)25-23(27)32)11-18-13(2)26-28(14(18)3)16-5-4-6-17(10-16)29(33)34/h4-11H,1-3H3,(H,25,30,32)/b19-11-. The van der Waals surface area contributed by atoms with Gasteiger partial charge in [0.1, 0.15) is 5.57 Å². The largest absolute Gasteiger partial charge is 0.335 e. The van der Waals surface area contributed by atoms with Crippen LogP contribution in [0.25, 0.3) is 11.8 Å². The number of barbiturate groups is 1. The third-order valence-electron chi connectivity index (χ3n) is 5.42. The molecule has 34 heavy (non-hydrogen) atoms. The van der Waals surface area contributed by atoms with E-state index in [0.29, 0.717) is 33.9 Å². The monoisotopic (exact) mass is 523 g/mol. The first-order valence-corrected chi connectivity index (χ1v) is 10.9. The number of halogens is 1. The number of amides is 4. The Bertz CT molecular complexity index is 1430. The number of urea groups is 1. The van der Waals surface area contributed by atoms with Crippen molar-refractivity contribution in [1.82, 2.24) is 15.1 Å². The second-order valence-electron chi connectivity index (χ2n) is 7.66. The number of carbonyl (C=O) groups excluding carboxylic acids is 3. The topological polar surface area (TPSA) is 127 Å². The molecule has 0 unspecified atom stereocenters. The zero-order valence-electron chi connectivity index (χ0n) is 18.3. The first kappa shape index (κ1) is 23.1. The van der Waals surface area contributed by atoms with E-state index in [-0.39, 0.29) is 11.3 Å². The van der Waals surface area contributed by atoms with Crippen molar-refractivity contribution in [3.05, 3.63) is 85.1 Å². The SMILES string of the molecule is Cc1cc(Br)ccc1N1C(=O)NC(=O)/C(=C/c2c(C)nn(-c3cccc([N+](=O)[O-])c3)c2C)C1=O. The highest BCUT2D eigenvalue weighted by atomic mass is 79.9. The van der Waals surface area contributed by atoms with Crippen LogP contribution in [0.15, 0.2) is 52.5 Å². The first-order valence-electron chi connectivity index (χ1n) is 10.1. The van der Waals surface area contributed by atoms with Crippen LogP contribution < -0.4 is 10.2 Å². The van der Waals surface area contributed by atoms with E-state index < -0.39 is 22.8 Å². The summed E-state index contributed by atoms with van der Waals surface area (Å²) < 4.78 is 2.28. The van der Waals surface area contributed by atoms with Crippen LogP contribution in [0.2, 0.25) is 0 Å². The van der Waals surface area contributed by atoms with E-state index in [0.717, 1.165) is 9.37 Å². The minimum Gasteiger partial charge on any atom is -0.273 e. The molecule has 4 rings (SSSR count). The molecular weight excluding hydrogens is 506 g/mol. The van der Waals surface area contributed by atoms with Gasteiger partial charge >= 0.3 is 6.03 Å². The molecule has 1 N–H and O–H groups in total. The van der Waals surface area contributed by atoms with Gasteiger partial charge in [0.15, 0.2) is 0 Å². The Balaban J connectivity index is 1.78. The van der Waals surface area contributed by atoms with E-state index in [1.54, 1.807) is 51.1 Å². The summed E-state index contributed by atoms with van der Waals surface area (Å²) in [6.07, 6.45) is 1.39. The molecule has 1 aliphatic rings. The van der Waals surface area contributed by atoms with Crippen LogP contribution in [0.1, 0.15) is 22.5 Å². The predicted molar refractivity (Wildman–Crippen MR) is 128 cm³/mol. The molecule has 172 valence electrons. The van der Waals surface area contributed by atoms with Crippen LogP contribution in [0.4, 0.5) is 16.2 Å². The van der Waals surface area contributed by atoms with Gasteiger partial charge < -0.3 is 0 Å². The van der Waals surface area contributed by atoms with Crippen molar-refractivity contribution in [2.45, 2.75) is 20.8 Å². The molecule has 10 nitrogen and oxygen atoms in total. The number of carbonyl (C=O) groups is 3. The molecule has 0 bridgehead atoms. The van der Waals surface area contributed by atoms with Gasteiger partial charge in [-0.1, -0.05) is 22.0 Å².